The molecule has 120 valence electrons. The van der Waals surface area contributed by atoms with Gasteiger partial charge in [-0.15, -0.1) is 0 Å². The lowest BCUT2D eigenvalue weighted by atomic mass is 10.1. The molecule has 0 bridgehead atoms. The van der Waals surface area contributed by atoms with E-state index in [-0.39, 0.29) is 6.04 Å². The van der Waals surface area contributed by atoms with Crippen molar-refractivity contribution in [1.29, 1.82) is 0 Å². The molecule has 3 aromatic heterocycles. The highest BCUT2D eigenvalue weighted by Gasteiger charge is 2.28. The molecule has 1 saturated heterocycles. The van der Waals surface area contributed by atoms with Gasteiger partial charge in [-0.1, -0.05) is 6.07 Å². The molecule has 1 fully saturated rings. The van der Waals surface area contributed by atoms with Crippen molar-refractivity contribution in [3.05, 3.63) is 66.7 Å². The fraction of sp³-hybridized carbons (Fsp3) is 0.222. The molecule has 3 aromatic rings. The van der Waals surface area contributed by atoms with Crippen LogP contribution in [-0.4, -0.2) is 26.5 Å². The monoisotopic (exact) mass is 318 g/mol. The van der Waals surface area contributed by atoms with Gasteiger partial charge in [0.2, 0.25) is 5.95 Å². The summed E-state index contributed by atoms with van der Waals surface area (Å²) in [6.45, 7) is 0.972. The quantitative estimate of drug-likeness (QED) is 0.795. The van der Waals surface area contributed by atoms with Gasteiger partial charge in [-0.2, -0.15) is 0 Å². The second-order valence-electron chi connectivity index (χ2n) is 5.71. The van der Waals surface area contributed by atoms with Crippen molar-refractivity contribution in [3.8, 4) is 0 Å². The summed E-state index contributed by atoms with van der Waals surface area (Å²) in [6, 6.07) is 12.0. The number of rotatable bonds is 4. The lowest BCUT2D eigenvalue weighted by Crippen LogP contribution is -2.24. The Bertz CT molecular complexity index is 793. The summed E-state index contributed by atoms with van der Waals surface area (Å²) in [6.07, 6.45) is 9.40. The predicted octanol–water partition coefficient (Wildman–Crippen LogP) is 3.35. The molecule has 1 aliphatic rings. The van der Waals surface area contributed by atoms with Gasteiger partial charge in [0.15, 0.2) is 0 Å². The molecule has 0 saturated carbocycles. The molecule has 1 N–H and O–H groups in total. The lowest BCUT2D eigenvalue weighted by molar-refractivity contribution is 0.701. The van der Waals surface area contributed by atoms with Crippen molar-refractivity contribution in [2.75, 3.05) is 16.8 Å². The van der Waals surface area contributed by atoms with E-state index in [9.17, 15) is 0 Å². The lowest BCUT2D eigenvalue weighted by Gasteiger charge is -2.25. The zero-order chi connectivity index (χ0) is 16.2. The molecule has 4 rings (SSSR count). The summed E-state index contributed by atoms with van der Waals surface area (Å²) in [5.74, 6) is 2.37. The second kappa shape index (κ2) is 6.62. The van der Waals surface area contributed by atoms with E-state index < -0.39 is 0 Å². The Kier molecular flexibility index (Phi) is 4.02. The molecule has 0 spiro atoms. The Hall–Kier alpha value is -3.02. The van der Waals surface area contributed by atoms with Crippen molar-refractivity contribution in [1.82, 2.24) is 19.9 Å². The first-order valence-electron chi connectivity index (χ1n) is 8.08. The maximum Gasteiger partial charge on any atom is 0.225 e. The maximum absolute atomic E-state index is 4.40. The third-order valence-electron chi connectivity index (χ3n) is 4.15. The zero-order valence-electron chi connectivity index (χ0n) is 13.2. The van der Waals surface area contributed by atoms with Gasteiger partial charge in [-0.05, 0) is 48.7 Å². The van der Waals surface area contributed by atoms with E-state index in [4.69, 9.17) is 0 Å². The van der Waals surface area contributed by atoms with Crippen LogP contribution in [-0.2, 0) is 0 Å². The van der Waals surface area contributed by atoms with E-state index in [1.165, 1.54) is 5.56 Å². The molecule has 6 heteroatoms. The summed E-state index contributed by atoms with van der Waals surface area (Å²) < 4.78 is 0. The van der Waals surface area contributed by atoms with E-state index >= 15 is 0 Å². The first-order valence-corrected chi connectivity index (χ1v) is 8.08. The number of hydrogen-bond donors (Lipinski definition) is 1. The Balaban J connectivity index is 1.58. The van der Waals surface area contributed by atoms with Crippen LogP contribution in [0.4, 0.5) is 17.6 Å². The standard InChI is InChI=1S/C18H18N6/c1-2-8-19-16(6-1)23-17-13-14(7-11-20-17)15-5-3-12-24(15)18-21-9-4-10-22-18/h1-2,4,6-11,13,15H,3,5,12H2,(H,19,20,23)/t15-/m0/s1. The summed E-state index contributed by atoms with van der Waals surface area (Å²) in [7, 11) is 0. The van der Waals surface area contributed by atoms with Crippen molar-refractivity contribution >= 4 is 17.6 Å². The normalized spacial score (nSPS) is 17.0. The number of hydrogen-bond acceptors (Lipinski definition) is 6. The topological polar surface area (TPSA) is 66.8 Å². The number of nitrogens with zero attached hydrogens (tertiary/aromatic N) is 5. The summed E-state index contributed by atoms with van der Waals surface area (Å²) in [5.41, 5.74) is 1.22. The number of pyridine rings is 2. The van der Waals surface area contributed by atoms with E-state index in [1.807, 2.05) is 30.5 Å². The molecule has 0 aliphatic carbocycles. The summed E-state index contributed by atoms with van der Waals surface area (Å²) in [5, 5.41) is 3.25. The van der Waals surface area contributed by atoms with Crippen molar-refractivity contribution in [2.45, 2.75) is 18.9 Å². The van der Waals surface area contributed by atoms with Gasteiger partial charge in [0.1, 0.15) is 11.6 Å². The highest BCUT2D eigenvalue weighted by molar-refractivity contribution is 5.53. The van der Waals surface area contributed by atoms with Crippen molar-refractivity contribution in [3.63, 3.8) is 0 Å². The minimum atomic E-state index is 0.277. The van der Waals surface area contributed by atoms with Gasteiger partial charge >= 0.3 is 0 Å². The average molecular weight is 318 g/mol. The van der Waals surface area contributed by atoms with E-state index in [0.717, 1.165) is 37.0 Å². The molecule has 4 heterocycles. The van der Waals surface area contributed by atoms with Crippen LogP contribution in [0.3, 0.4) is 0 Å². The largest absolute Gasteiger partial charge is 0.334 e. The third-order valence-corrected chi connectivity index (χ3v) is 4.15. The minimum absolute atomic E-state index is 0.277. The van der Waals surface area contributed by atoms with Crippen LogP contribution in [0.15, 0.2) is 61.2 Å². The molecule has 1 aliphatic heterocycles. The van der Waals surface area contributed by atoms with Crippen LogP contribution in [0.5, 0.6) is 0 Å². The molecule has 0 radical (unpaired) electrons. The van der Waals surface area contributed by atoms with Crippen molar-refractivity contribution in [2.24, 2.45) is 0 Å². The molecule has 0 aromatic carbocycles. The fourth-order valence-corrected chi connectivity index (χ4v) is 3.08. The molecule has 24 heavy (non-hydrogen) atoms. The molecule has 1 atom stereocenters. The number of nitrogens with one attached hydrogen (secondary N) is 1. The fourth-order valence-electron chi connectivity index (χ4n) is 3.08. The van der Waals surface area contributed by atoms with Gasteiger partial charge in [0.05, 0.1) is 6.04 Å². The van der Waals surface area contributed by atoms with Gasteiger partial charge in [0.25, 0.3) is 0 Å². The number of anilines is 3. The zero-order valence-corrected chi connectivity index (χ0v) is 13.2. The molecular weight excluding hydrogens is 300 g/mol. The van der Waals surface area contributed by atoms with E-state index in [2.05, 4.69) is 42.3 Å². The number of aromatic nitrogens is 4. The first kappa shape index (κ1) is 14.6. The van der Waals surface area contributed by atoms with E-state index in [0.29, 0.717) is 0 Å². The van der Waals surface area contributed by atoms with Crippen LogP contribution >= 0.6 is 0 Å². The Labute approximate surface area is 140 Å². The van der Waals surface area contributed by atoms with Gasteiger partial charge < -0.3 is 10.2 Å². The minimum Gasteiger partial charge on any atom is -0.334 e. The van der Waals surface area contributed by atoms with Gasteiger partial charge in [-0.25, -0.2) is 19.9 Å². The maximum atomic E-state index is 4.40. The molecule has 0 amide bonds. The average Bonchev–Trinajstić information content (AvgIpc) is 3.13. The summed E-state index contributed by atoms with van der Waals surface area (Å²) >= 11 is 0. The Morgan fingerprint density at radius 2 is 1.71 bits per heavy atom. The molecular formula is C18H18N6. The van der Waals surface area contributed by atoms with Crippen LogP contribution in [0.25, 0.3) is 0 Å². The molecule has 0 unspecified atom stereocenters. The predicted molar refractivity (Wildman–Crippen MR) is 93.1 cm³/mol. The Morgan fingerprint density at radius 1 is 0.875 bits per heavy atom. The van der Waals surface area contributed by atoms with Gasteiger partial charge in [-0.3, -0.25) is 0 Å². The molecule has 6 nitrogen and oxygen atoms in total. The first-order chi connectivity index (χ1) is 11.9. The highest BCUT2D eigenvalue weighted by atomic mass is 15.3. The van der Waals surface area contributed by atoms with E-state index in [1.54, 1.807) is 18.6 Å². The second-order valence-corrected chi connectivity index (χ2v) is 5.71. The van der Waals surface area contributed by atoms with Gasteiger partial charge in [0, 0.05) is 31.3 Å². The highest BCUT2D eigenvalue weighted by Crippen LogP contribution is 2.34. The SMILES string of the molecule is c1ccc(Nc2cc([C@@H]3CCCN3c3ncccn3)ccn2)nc1. The van der Waals surface area contributed by atoms with Crippen LogP contribution in [0, 0.1) is 0 Å². The van der Waals surface area contributed by atoms with Crippen LogP contribution in [0.1, 0.15) is 24.4 Å². The van der Waals surface area contributed by atoms with Crippen LogP contribution in [0.2, 0.25) is 0 Å². The third kappa shape index (κ3) is 3.03. The van der Waals surface area contributed by atoms with Crippen molar-refractivity contribution < 1.29 is 0 Å². The Morgan fingerprint density at radius 3 is 2.54 bits per heavy atom. The smallest absolute Gasteiger partial charge is 0.225 e. The van der Waals surface area contributed by atoms with Crippen LogP contribution < -0.4 is 10.2 Å². The summed E-state index contributed by atoms with van der Waals surface area (Å²) in [4.78, 5) is 19.7.